The smallest absolute Gasteiger partial charge is 0.266 e. The standard InChI is InChI=1S/C18H14Cl5N3O2.ClH/c1-24-26-16(27)12-7-11(2-3-13(12)21)25-17(28)15-14(18(15,22)23)8-4-9(19)6-10(20)5-8;/h2-7,14-15,24H,1H3,(H,25,28)(H,26,27);1H/t14-,15+;/m0./s1. The minimum Gasteiger partial charge on any atom is -0.326 e. The van der Waals surface area contributed by atoms with Crippen LogP contribution in [0.3, 0.4) is 0 Å². The van der Waals surface area contributed by atoms with E-state index in [1.54, 1.807) is 31.3 Å². The van der Waals surface area contributed by atoms with Gasteiger partial charge in [0.2, 0.25) is 5.91 Å². The van der Waals surface area contributed by atoms with Gasteiger partial charge in [0.25, 0.3) is 5.91 Å². The molecule has 0 aromatic heterocycles. The van der Waals surface area contributed by atoms with E-state index in [-0.39, 0.29) is 23.0 Å². The molecule has 3 rings (SSSR count). The van der Waals surface area contributed by atoms with Crippen LogP contribution in [0.2, 0.25) is 15.1 Å². The fraction of sp³-hybridized carbons (Fsp3) is 0.222. The van der Waals surface area contributed by atoms with Crippen molar-refractivity contribution >= 4 is 87.9 Å². The molecule has 1 aliphatic rings. The molecule has 2 atom stereocenters. The highest BCUT2D eigenvalue weighted by Gasteiger charge is 2.67. The van der Waals surface area contributed by atoms with Crippen LogP contribution in [0.25, 0.3) is 0 Å². The summed E-state index contributed by atoms with van der Waals surface area (Å²) in [5.74, 6) is -2.01. The number of alkyl halides is 2. The average molecular weight is 518 g/mol. The molecule has 2 aromatic carbocycles. The molecule has 29 heavy (non-hydrogen) atoms. The largest absolute Gasteiger partial charge is 0.326 e. The van der Waals surface area contributed by atoms with Gasteiger partial charge in [-0.3, -0.25) is 15.0 Å². The third-order valence-electron chi connectivity index (χ3n) is 4.30. The summed E-state index contributed by atoms with van der Waals surface area (Å²) in [6, 6.07) is 9.48. The summed E-state index contributed by atoms with van der Waals surface area (Å²) in [4.78, 5) is 24.8. The maximum absolute atomic E-state index is 12.7. The number of benzene rings is 2. The number of halogens is 6. The Morgan fingerprint density at radius 2 is 1.62 bits per heavy atom. The number of carbonyl (C=O) groups is 2. The molecule has 3 N–H and O–H groups in total. The maximum atomic E-state index is 12.7. The van der Waals surface area contributed by atoms with Crippen molar-refractivity contribution in [3.05, 3.63) is 62.6 Å². The molecule has 0 aliphatic heterocycles. The first-order chi connectivity index (χ1) is 13.1. The van der Waals surface area contributed by atoms with Gasteiger partial charge in [0, 0.05) is 28.7 Å². The molecule has 1 aliphatic carbocycles. The fourth-order valence-electron chi connectivity index (χ4n) is 3.00. The van der Waals surface area contributed by atoms with E-state index in [1.807, 2.05) is 0 Å². The second kappa shape index (κ2) is 9.48. The van der Waals surface area contributed by atoms with Crippen LogP contribution in [-0.4, -0.2) is 23.2 Å². The predicted molar refractivity (Wildman–Crippen MR) is 121 cm³/mol. The van der Waals surface area contributed by atoms with Gasteiger partial charge in [-0.15, -0.1) is 35.6 Å². The Morgan fingerprint density at radius 3 is 2.21 bits per heavy atom. The average Bonchev–Trinajstić information content (AvgIpc) is 3.18. The van der Waals surface area contributed by atoms with Gasteiger partial charge in [-0.2, -0.15) is 0 Å². The van der Waals surface area contributed by atoms with Crippen molar-refractivity contribution in [1.29, 1.82) is 0 Å². The van der Waals surface area contributed by atoms with Crippen LogP contribution in [0.15, 0.2) is 36.4 Å². The molecule has 0 bridgehead atoms. The maximum Gasteiger partial charge on any atom is 0.266 e. The molecule has 2 aromatic rings. The molecular formula is C18H15Cl6N3O2. The van der Waals surface area contributed by atoms with Crippen LogP contribution in [0.1, 0.15) is 21.8 Å². The molecule has 1 saturated carbocycles. The van der Waals surface area contributed by atoms with Gasteiger partial charge >= 0.3 is 0 Å². The summed E-state index contributed by atoms with van der Waals surface area (Å²) in [7, 11) is 1.55. The van der Waals surface area contributed by atoms with E-state index in [0.717, 1.165) is 0 Å². The van der Waals surface area contributed by atoms with Gasteiger partial charge in [-0.05, 0) is 42.0 Å². The highest BCUT2D eigenvalue weighted by molar-refractivity contribution is 6.53. The highest BCUT2D eigenvalue weighted by Crippen LogP contribution is 2.65. The highest BCUT2D eigenvalue weighted by atomic mass is 35.5. The van der Waals surface area contributed by atoms with E-state index in [2.05, 4.69) is 16.2 Å². The lowest BCUT2D eigenvalue weighted by molar-refractivity contribution is -0.117. The van der Waals surface area contributed by atoms with Gasteiger partial charge in [-0.1, -0.05) is 34.8 Å². The molecule has 0 heterocycles. The summed E-state index contributed by atoms with van der Waals surface area (Å²) in [6.45, 7) is 0. The van der Waals surface area contributed by atoms with Crippen molar-refractivity contribution in [2.24, 2.45) is 5.92 Å². The van der Waals surface area contributed by atoms with Crippen LogP contribution in [0, 0.1) is 5.92 Å². The summed E-state index contributed by atoms with van der Waals surface area (Å²) in [5, 5.41) is 3.82. The molecule has 5 nitrogen and oxygen atoms in total. The first kappa shape index (κ1) is 24.4. The Balaban J connectivity index is 0.00000300. The SMILES string of the molecule is CNNC(=O)c1cc(NC(=O)[C@H]2[C@H](c3cc(Cl)cc(Cl)c3)C2(Cl)Cl)ccc1Cl.Cl. The third kappa shape index (κ3) is 5.23. The van der Waals surface area contributed by atoms with Gasteiger partial charge in [-0.25, -0.2) is 5.43 Å². The number of hydrazine groups is 1. The predicted octanol–water partition coefficient (Wildman–Crippen LogP) is 5.46. The van der Waals surface area contributed by atoms with Crippen molar-refractivity contribution in [1.82, 2.24) is 10.9 Å². The second-order valence-corrected chi connectivity index (χ2v) is 8.95. The number of nitrogens with one attached hydrogen (secondary N) is 3. The zero-order valence-corrected chi connectivity index (χ0v) is 19.3. The first-order valence-electron chi connectivity index (χ1n) is 8.06. The van der Waals surface area contributed by atoms with Gasteiger partial charge in [0.1, 0.15) is 4.33 Å². The molecular weight excluding hydrogens is 503 g/mol. The summed E-state index contributed by atoms with van der Waals surface area (Å²) in [5.41, 5.74) is 6.20. The van der Waals surface area contributed by atoms with Crippen molar-refractivity contribution in [2.75, 3.05) is 12.4 Å². The van der Waals surface area contributed by atoms with Crippen LogP contribution < -0.4 is 16.2 Å². The number of carbonyl (C=O) groups excluding carboxylic acids is 2. The van der Waals surface area contributed by atoms with Gasteiger partial charge in [0.05, 0.1) is 16.5 Å². The lowest BCUT2D eigenvalue weighted by Gasteiger charge is -2.09. The molecule has 11 heteroatoms. The molecule has 0 unspecified atom stereocenters. The van der Waals surface area contributed by atoms with E-state index >= 15 is 0 Å². The summed E-state index contributed by atoms with van der Waals surface area (Å²) >= 11 is 30.8. The molecule has 1 fully saturated rings. The van der Waals surface area contributed by atoms with Crippen LogP contribution in [0.5, 0.6) is 0 Å². The zero-order valence-electron chi connectivity index (χ0n) is 14.7. The van der Waals surface area contributed by atoms with Crippen molar-refractivity contribution in [2.45, 2.75) is 10.3 Å². The van der Waals surface area contributed by atoms with Crippen molar-refractivity contribution < 1.29 is 9.59 Å². The number of hydrogen-bond acceptors (Lipinski definition) is 3. The minimum atomic E-state index is -1.29. The van der Waals surface area contributed by atoms with Crippen molar-refractivity contribution in [3.63, 3.8) is 0 Å². The Kier molecular flexibility index (Phi) is 7.96. The zero-order chi connectivity index (χ0) is 20.6. The van der Waals surface area contributed by atoms with Crippen LogP contribution >= 0.6 is 70.4 Å². The Hall–Kier alpha value is -0.920. The normalized spacial score (nSPS) is 19.1. The Labute approximate surface area is 198 Å². The minimum absolute atomic E-state index is 0. The molecule has 0 radical (unpaired) electrons. The van der Waals surface area contributed by atoms with Crippen LogP contribution in [0.4, 0.5) is 5.69 Å². The Bertz CT molecular complexity index is 933. The van der Waals surface area contributed by atoms with Gasteiger partial charge in [0.15, 0.2) is 0 Å². The second-order valence-electron chi connectivity index (χ2n) is 6.22. The molecule has 0 saturated heterocycles. The van der Waals surface area contributed by atoms with E-state index in [0.29, 0.717) is 21.3 Å². The number of hydrogen-bond donors (Lipinski definition) is 3. The fourth-order valence-corrected chi connectivity index (χ4v) is 4.57. The van der Waals surface area contributed by atoms with Crippen molar-refractivity contribution in [3.8, 4) is 0 Å². The monoisotopic (exact) mass is 515 g/mol. The third-order valence-corrected chi connectivity index (χ3v) is 6.00. The molecule has 156 valence electrons. The lowest BCUT2D eigenvalue weighted by Crippen LogP contribution is -2.34. The topological polar surface area (TPSA) is 70.2 Å². The van der Waals surface area contributed by atoms with E-state index in [9.17, 15) is 9.59 Å². The quantitative estimate of drug-likeness (QED) is 0.364. The van der Waals surface area contributed by atoms with E-state index < -0.39 is 28.0 Å². The Morgan fingerprint density at radius 1 is 1.00 bits per heavy atom. The summed E-state index contributed by atoms with van der Waals surface area (Å²) < 4.78 is -1.29. The van der Waals surface area contributed by atoms with Crippen LogP contribution in [-0.2, 0) is 4.79 Å². The number of amides is 2. The van der Waals surface area contributed by atoms with E-state index in [4.69, 9.17) is 58.0 Å². The number of anilines is 1. The summed E-state index contributed by atoms with van der Waals surface area (Å²) in [6.07, 6.45) is 0. The number of rotatable bonds is 5. The van der Waals surface area contributed by atoms with E-state index in [1.165, 1.54) is 12.1 Å². The lowest BCUT2D eigenvalue weighted by atomic mass is 10.1. The molecule has 2 amide bonds. The first-order valence-corrected chi connectivity index (χ1v) is 9.95. The van der Waals surface area contributed by atoms with Gasteiger partial charge < -0.3 is 5.32 Å². The molecule has 0 spiro atoms.